The molecule has 0 radical (unpaired) electrons. The predicted molar refractivity (Wildman–Crippen MR) is 78.0 cm³/mol. The Morgan fingerprint density at radius 3 is 2.62 bits per heavy atom. The molecular formula is C12H17Br2NS. The quantitative estimate of drug-likeness (QED) is 0.775. The van der Waals surface area contributed by atoms with Gasteiger partial charge in [-0.1, -0.05) is 13.8 Å². The van der Waals surface area contributed by atoms with E-state index in [1.807, 2.05) is 11.3 Å². The third kappa shape index (κ3) is 2.89. The maximum absolute atomic E-state index is 3.63. The molecule has 1 aliphatic rings. The predicted octanol–water partition coefficient (Wildman–Crippen LogP) is 4.97. The molecule has 0 aliphatic heterocycles. The van der Waals surface area contributed by atoms with Crippen LogP contribution >= 0.6 is 43.2 Å². The molecule has 90 valence electrons. The minimum absolute atomic E-state index is 0.519. The van der Waals surface area contributed by atoms with E-state index in [1.165, 1.54) is 26.0 Å². The smallest absolute Gasteiger partial charge is 0.0843 e. The van der Waals surface area contributed by atoms with Gasteiger partial charge in [0.2, 0.25) is 0 Å². The molecule has 0 aromatic carbocycles. The van der Waals surface area contributed by atoms with Gasteiger partial charge in [-0.25, -0.2) is 0 Å². The van der Waals surface area contributed by atoms with Crippen LogP contribution in [0, 0.1) is 11.8 Å². The van der Waals surface area contributed by atoms with Gasteiger partial charge in [-0.3, -0.25) is 0 Å². The van der Waals surface area contributed by atoms with Crippen molar-refractivity contribution in [2.75, 3.05) is 6.54 Å². The van der Waals surface area contributed by atoms with Crippen molar-refractivity contribution in [3.05, 3.63) is 19.2 Å². The number of nitrogens with one attached hydrogen (secondary N) is 1. The molecule has 1 N–H and O–H groups in total. The van der Waals surface area contributed by atoms with Crippen molar-refractivity contribution in [3.8, 4) is 0 Å². The summed E-state index contributed by atoms with van der Waals surface area (Å²) in [5, 5.41) is 3.63. The van der Waals surface area contributed by atoms with Gasteiger partial charge in [0.25, 0.3) is 0 Å². The van der Waals surface area contributed by atoms with Gasteiger partial charge in [-0.2, -0.15) is 0 Å². The molecule has 1 heterocycles. The van der Waals surface area contributed by atoms with Crippen LogP contribution in [0.1, 0.15) is 37.6 Å². The summed E-state index contributed by atoms with van der Waals surface area (Å²) < 4.78 is 2.38. The highest BCUT2D eigenvalue weighted by atomic mass is 79.9. The summed E-state index contributed by atoms with van der Waals surface area (Å²) in [6.07, 6.45) is 2.83. The third-order valence-corrected chi connectivity index (χ3v) is 6.63. The van der Waals surface area contributed by atoms with Gasteiger partial charge in [0.15, 0.2) is 0 Å². The first kappa shape index (κ1) is 13.1. The summed E-state index contributed by atoms with van der Waals surface area (Å²) >= 11 is 9.00. The zero-order valence-electron chi connectivity index (χ0n) is 9.59. The van der Waals surface area contributed by atoms with Crippen LogP contribution in [0.15, 0.2) is 14.3 Å². The van der Waals surface area contributed by atoms with Crippen molar-refractivity contribution < 1.29 is 0 Å². The van der Waals surface area contributed by atoms with E-state index in [0.717, 1.165) is 18.4 Å². The monoisotopic (exact) mass is 365 g/mol. The molecule has 0 bridgehead atoms. The van der Waals surface area contributed by atoms with Crippen LogP contribution in [-0.2, 0) is 0 Å². The lowest BCUT2D eigenvalue weighted by Crippen LogP contribution is -2.27. The Morgan fingerprint density at radius 1 is 1.50 bits per heavy atom. The summed E-state index contributed by atoms with van der Waals surface area (Å²) in [7, 11) is 0. The Labute approximate surface area is 118 Å². The van der Waals surface area contributed by atoms with E-state index in [9.17, 15) is 0 Å². The maximum Gasteiger partial charge on any atom is 0.0843 e. The standard InChI is InChI=1S/C12H17Br2NS/c1-3-15-11(7(2)8-4-5-8)10-6-9(13)12(14)16-10/h6-8,11,15H,3-5H2,1-2H3. The second-order valence-electron chi connectivity index (χ2n) is 4.50. The Kier molecular flexibility index (Phi) is 4.50. The van der Waals surface area contributed by atoms with Crippen molar-refractivity contribution >= 4 is 43.2 Å². The first-order valence-corrected chi connectivity index (χ1v) is 8.21. The van der Waals surface area contributed by atoms with E-state index in [0.29, 0.717) is 6.04 Å². The molecule has 4 heteroatoms. The van der Waals surface area contributed by atoms with Gasteiger partial charge in [0.05, 0.1) is 3.79 Å². The van der Waals surface area contributed by atoms with Crippen LogP contribution in [0.3, 0.4) is 0 Å². The Morgan fingerprint density at radius 2 is 2.19 bits per heavy atom. The molecule has 1 fully saturated rings. The van der Waals surface area contributed by atoms with Gasteiger partial charge in [0, 0.05) is 15.4 Å². The summed E-state index contributed by atoms with van der Waals surface area (Å²) in [6.45, 7) is 5.60. The van der Waals surface area contributed by atoms with E-state index in [2.05, 4.69) is 57.1 Å². The van der Waals surface area contributed by atoms with Gasteiger partial charge in [-0.05, 0) is 69.1 Å². The summed E-state index contributed by atoms with van der Waals surface area (Å²) in [4.78, 5) is 1.44. The number of halogens is 2. The zero-order valence-corrected chi connectivity index (χ0v) is 13.6. The maximum atomic E-state index is 3.63. The van der Waals surface area contributed by atoms with Crippen molar-refractivity contribution in [2.45, 2.75) is 32.7 Å². The average Bonchev–Trinajstić information content (AvgIpc) is 3.03. The highest BCUT2D eigenvalue weighted by molar-refractivity contribution is 9.13. The Hall–Kier alpha value is 0.620. The highest BCUT2D eigenvalue weighted by Crippen LogP contribution is 2.45. The summed E-state index contributed by atoms with van der Waals surface area (Å²) in [5.41, 5.74) is 0. The van der Waals surface area contributed by atoms with Crippen LogP contribution in [0.25, 0.3) is 0 Å². The number of hydrogen-bond donors (Lipinski definition) is 1. The molecule has 2 rings (SSSR count). The largest absolute Gasteiger partial charge is 0.309 e. The topological polar surface area (TPSA) is 12.0 Å². The minimum Gasteiger partial charge on any atom is -0.309 e. The molecule has 1 saturated carbocycles. The van der Waals surface area contributed by atoms with E-state index < -0.39 is 0 Å². The van der Waals surface area contributed by atoms with Gasteiger partial charge in [-0.15, -0.1) is 11.3 Å². The van der Waals surface area contributed by atoms with E-state index >= 15 is 0 Å². The highest BCUT2D eigenvalue weighted by Gasteiger charge is 2.34. The molecule has 1 aliphatic carbocycles. The number of thiophene rings is 1. The molecular weight excluding hydrogens is 350 g/mol. The molecule has 1 nitrogen and oxygen atoms in total. The first-order chi connectivity index (χ1) is 7.63. The van der Waals surface area contributed by atoms with Crippen LogP contribution in [0.5, 0.6) is 0 Å². The van der Waals surface area contributed by atoms with Gasteiger partial charge >= 0.3 is 0 Å². The first-order valence-electron chi connectivity index (χ1n) is 5.81. The SMILES string of the molecule is CCNC(c1cc(Br)c(Br)s1)C(C)C1CC1. The van der Waals surface area contributed by atoms with Gasteiger partial charge in [0.1, 0.15) is 0 Å². The molecule has 1 aromatic rings. The third-order valence-electron chi connectivity index (χ3n) is 3.29. The lowest BCUT2D eigenvalue weighted by atomic mass is 9.95. The number of rotatable bonds is 5. The minimum atomic E-state index is 0.519. The van der Waals surface area contributed by atoms with Crippen molar-refractivity contribution in [3.63, 3.8) is 0 Å². The van der Waals surface area contributed by atoms with Crippen molar-refractivity contribution in [2.24, 2.45) is 11.8 Å². The van der Waals surface area contributed by atoms with Gasteiger partial charge < -0.3 is 5.32 Å². The summed E-state index contributed by atoms with van der Waals surface area (Å²) in [5.74, 6) is 1.68. The molecule has 2 unspecified atom stereocenters. The molecule has 16 heavy (non-hydrogen) atoms. The number of hydrogen-bond acceptors (Lipinski definition) is 2. The fraction of sp³-hybridized carbons (Fsp3) is 0.667. The fourth-order valence-corrected chi connectivity index (χ4v) is 4.46. The molecule has 1 aromatic heterocycles. The lowest BCUT2D eigenvalue weighted by Gasteiger charge is -2.23. The molecule has 0 saturated heterocycles. The zero-order chi connectivity index (χ0) is 11.7. The Balaban J connectivity index is 2.17. The van der Waals surface area contributed by atoms with Crippen LogP contribution < -0.4 is 5.32 Å². The second-order valence-corrected chi connectivity index (χ2v) is 7.76. The molecule has 0 spiro atoms. The normalized spacial score (nSPS) is 19.8. The molecule has 2 atom stereocenters. The average molecular weight is 367 g/mol. The Bertz CT molecular complexity index is 340. The van der Waals surface area contributed by atoms with E-state index in [1.54, 1.807) is 0 Å². The molecule has 0 amide bonds. The second kappa shape index (κ2) is 5.51. The summed E-state index contributed by atoms with van der Waals surface area (Å²) in [6, 6.07) is 2.77. The van der Waals surface area contributed by atoms with Crippen LogP contribution in [-0.4, -0.2) is 6.54 Å². The fourth-order valence-electron chi connectivity index (χ4n) is 2.18. The van der Waals surface area contributed by atoms with E-state index in [-0.39, 0.29) is 0 Å². The lowest BCUT2D eigenvalue weighted by molar-refractivity contribution is 0.360. The van der Waals surface area contributed by atoms with Crippen molar-refractivity contribution in [1.82, 2.24) is 5.32 Å². The van der Waals surface area contributed by atoms with E-state index in [4.69, 9.17) is 0 Å². The van der Waals surface area contributed by atoms with Crippen LogP contribution in [0.4, 0.5) is 0 Å². The van der Waals surface area contributed by atoms with Crippen molar-refractivity contribution in [1.29, 1.82) is 0 Å². The van der Waals surface area contributed by atoms with Crippen LogP contribution in [0.2, 0.25) is 0 Å².